The molecule has 0 radical (unpaired) electrons. The number of hydrogen-bond donors (Lipinski definition) is 3. The lowest BCUT2D eigenvalue weighted by Gasteiger charge is -2.29. The summed E-state index contributed by atoms with van der Waals surface area (Å²) in [4.78, 5) is 61.6. The third-order valence-electron chi connectivity index (χ3n) is 11.0. The number of hydrogen-bond acceptors (Lipinski definition) is 10. The van der Waals surface area contributed by atoms with Crippen LogP contribution < -0.4 is 24.8 Å². The first-order valence-corrected chi connectivity index (χ1v) is 20.7. The van der Waals surface area contributed by atoms with Crippen LogP contribution in [0.2, 0.25) is 0 Å². The van der Waals surface area contributed by atoms with Crippen LogP contribution >= 0.6 is 0 Å². The first-order valence-electron chi connectivity index (χ1n) is 19.2. The van der Waals surface area contributed by atoms with Gasteiger partial charge in [0.2, 0.25) is 27.7 Å². The van der Waals surface area contributed by atoms with Crippen LogP contribution in [0.15, 0.2) is 42.6 Å². The van der Waals surface area contributed by atoms with Crippen LogP contribution in [0.5, 0.6) is 11.6 Å². The zero-order chi connectivity index (χ0) is 37.9. The maximum Gasteiger partial charge on any atom is 0.407 e. The van der Waals surface area contributed by atoms with Gasteiger partial charge >= 0.3 is 6.09 Å². The number of rotatable bonds is 4. The number of fused-ring (bicyclic) bond motifs is 4. The summed E-state index contributed by atoms with van der Waals surface area (Å²) in [7, 11) is -2.27. The molecule has 2 aromatic rings. The van der Waals surface area contributed by atoms with Gasteiger partial charge in [-0.2, -0.15) is 0 Å². The van der Waals surface area contributed by atoms with Crippen molar-refractivity contribution < 1.29 is 41.8 Å². The number of carbonyl (C=O) groups is 4. The summed E-state index contributed by atoms with van der Waals surface area (Å²) in [5.74, 6) is -1.26. The van der Waals surface area contributed by atoms with Gasteiger partial charge in [0.25, 0.3) is 5.91 Å². The molecule has 3 aliphatic heterocycles. The predicted octanol–water partition coefficient (Wildman–Crippen LogP) is 4.28. The summed E-state index contributed by atoms with van der Waals surface area (Å²) in [5.41, 5.74) is -0.650. The molecule has 2 aliphatic carbocycles. The van der Waals surface area contributed by atoms with E-state index in [-0.39, 0.29) is 26.0 Å². The van der Waals surface area contributed by atoms with E-state index in [4.69, 9.17) is 14.2 Å². The average Bonchev–Trinajstić information content (AvgIpc) is 4.07. The van der Waals surface area contributed by atoms with Crippen molar-refractivity contribution in [2.75, 3.05) is 20.3 Å². The maximum absolute atomic E-state index is 14.5. The number of cyclic esters (lactones) is 1. The van der Waals surface area contributed by atoms with Crippen molar-refractivity contribution >= 4 is 50.7 Å². The molecule has 5 atom stereocenters. The Morgan fingerprint density at radius 3 is 2.63 bits per heavy atom. The molecule has 4 heterocycles. The van der Waals surface area contributed by atoms with E-state index in [2.05, 4.69) is 26.4 Å². The lowest BCUT2D eigenvalue weighted by Crippen LogP contribution is -2.58. The second kappa shape index (κ2) is 16.0. The number of benzene rings is 1. The molecule has 0 unspecified atom stereocenters. The lowest BCUT2D eigenvalue weighted by molar-refractivity contribution is -0.141. The fourth-order valence-corrected chi connectivity index (χ4v) is 9.06. The Hall–Kier alpha value is -4.66. The molecule has 2 saturated carbocycles. The summed E-state index contributed by atoms with van der Waals surface area (Å²) in [6, 6.07) is 3.67. The number of pyridine rings is 1. The van der Waals surface area contributed by atoms with E-state index in [1.54, 1.807) is 13.3 Å². The summed E-state index contributed by atoms with van der Waals surface area (Å²) >= 11 is 0. The Morgan fingerprint density at radius 1 is 1.04 bits per heavy atom. The molecule has 5 aliphatic rings. The molecule has 1 saturated heterocycles. The number of carbonyl (C=O) groups excluding carboxylic acids is 4. The van der Waals surface area contributed by atoms with Crippen LogP contribution in [0, 0.1) is 5.92 Å². The topological polar surface area (TPSA) is 182 Å². The number of alkyl carbamates (subject to hydrolysis) is 1. The van der Waals surface area contributed by atoms with Crippen LogP contribution in [0.1, 0.15) is 89.0 Å². The minimum Gasteiger partial charge on any atom is -0.496 e. The smallest absolute Gasteiger partial charge is 0.407 e. The molecule has 14 nitrogen and oxygen atoms in total. The molecule has 7 rings (SSSR count). The highest BCUT2D eigenvalue weighted by atomic mass is 32.2. The first-order chi connectivity index (χ1) is 26.1. The molecule has 4 amide bonds. The van der Waals surface area contributed by atoms with Crippen molar-refractivity contribution in [2.24, 2.45) is 5.92 Å². The van der Waals surface area contributed by atoms with Gasteiger partial charge in [-0.25, -0.2) is 18.2 Å². The van der Waals surface area contributed by atoms with Gasteiger partial charge in [-0.05, 0) is 87.8 Å². The monoisotopic (exact) mass is 763 g/mol. The largest absolute Gasteiger partial charge is 0.496 e. The minimum atomic E-state index is -3.88. The molecule has 3 fully saturated rings. The van der Waals surface area contributed by atoms with Crippen LogP contribution in [0.3, 0.4) is 0 Å². The zero-order valence-electron chi connectivity index (χ0n) is 30.6. The van der Waals surface area contributed by atoms with E-state index in [9.17, 15) is 27.6 Å². The van der Waals surface area contributed by atoms with Gasteiger partial charge < -0.3 is 29.7 Å². The molecular weight excluding hydrogens is 715 g/mol. The molecule has 3 N–H and O–H groups in total. The molecule has 1 aromatic carbocycles. The number of allylic oxidation sites excluding steroid dienone is 2. The number of nitrogens with one attached hydrogen (secondary N) is 3. The molecule has 290 valence electrons. The molecule has 54 heavy (non-hydrogen) atoms. The van der Waals surface area contributed by atoms with Gasteiger partial charge in [-0.15, -0.1) is 0 Å². The fraction of sp³-hybridized carbons (Fsp3) is 0.564. The van der Waals surface area contributed by atoms with E-state index in [0.29, 0.717) is 50.2 Å². The highest BCUT2D eigenvalue weighted by Gasteiger charge is 2.62. The Bertz CT molecular complexity index is 1950. The van der Waals surface area contributed by atoms with Gasteiger partial charge in [-0.1, -0.05) is 37.1 Å². The first kappa shape index (κ1) is 37.6. The van der Waals surface area contributed by atoms with Crippen LogP contribution in [-0.4, -0.2) is 91.4 Å². The van der Waals surface area contributed by atoms with Gasteiger partial charge in [0.05, 0.1) is 25.5 Å². The van der Waals surface area contributed by atoms with Crippen molar-refractivity contribution in [2.45, 2.75) is 112 Å². The van der Waals surface area contributed by atoms with Crippen molar-refractivity contribution in [1.29, 1.82) is 0 Å². The molecule has 1 aromatic heterocycles. The summed E-state index contributed by atoms with van der Waals surface area (Å²) < 4.78 is 45.6. The number of methoxy groups -OCH3 is 1. The molecule has 0 spiro atoms. The van der Waals surface area contributed by atoms with Crippen LogP contribution in [0.25, 0.3) is 16.8 Å². The average molecular weight is 764 g/mol. The maximum atomic E-state index is 14.5. The van der Waals surface area contributed by atoms with E-state index < -0.39 is 68.7 Å². The van der Waals surface area contributed by atoms with Gasteiger partial charge in [-0.3, -0.25) is 19.1 Å². The number of sulfonamides is 1. The van der Waals surface area contributed by atoms with E-state index in [1.807, 2.05) is 36.4 Å². The Morgan fingerprint density at radius 2 is 1.83 bits per heavy atom. The highest BCUT2D eigenvalue weighted by Crippen LogP contribution is 2.46. The van der Waals surface area contributed by atoms with Gasteiger partial charge in [0.1, 0.15) is 29.5 Å². The van der Waals surface area contributed by atoms with Crippen LogP contribution in [0.4, 0.5) is 4.79 Å². The van der Waals surface area contributed by atoms with Crippen LogP contribution in [-0.2, 0) is 29.1 Å². The molecular formula is C39H49N5O9S. The predicted molar refractivity (Wildman–Crippen MR) is 200 cm³/mol. The summed E-state index contributed by atoms with van der Waals surface area (Å²) in [6.45, 7) is 0.202. The van der Waals surface area contributed by atoms with Gasteiger partial charge in [0.15, 0.2) is 0 Å². The second-order valence-electron chi connectivity index (χ2n) is 15.0. The molecule has 15 heteroatoms. The van der Waals surface area contributed by atoms with Crippen molar-refractivity contribution in [1.82, 2.24) is 25.2 Å². The Balaban J connectivity index is 1.23. The van der Waals surface area contributed by atoms with Gasteiger partial charge in [0, 0.05) is 29.5 Å². The fourth-order valence-electron chi connectivity index (χ4n) is 7.70. The highest BCUT2D eigenvalue weighted by molar-refractivity contribution is 7.91. The number of aromatic nitrogens is 1. The van der Waals surface area contributed by atoms with Crippen molar-refractivity contribution in [3.63, 3.8) is 0 Å². The summed E-state index contributed by atoms with van der Waals surface area (Å²) in [5, 5.41) is 6.61. The Labute approximate surface area is 315 Å². The third kappa shape index (κ3) is 8.35. The second-order valence-corrected chi connectivity index (χ2v) is 17.0. The number of ether oxygens (including phenoxy) is 3. The minimum absolute atomic E-state index is 0.00369. The molecule has 5 bridgehead atoms. The third-order valence-corrected chi connectivity index (χ3v) is 12.9. The lowest BCUT2D eigenvalue weighted by atomic mass is 10.0. The van der Waals surface area contributed by atoms with E-state index in [0.717, 1.165) is 48.4 Å². The standard InChI is InChI=1S/C39H49N5O9S/c1-51-33-21-25-17-18-40-35-30(25)20-26(33)12-8-4-3-7-11-19-52-38(48)41-31-14-10-6-2-5-9-13-27-23-39(27,37(47)43-54(49,50)29-15-16-29)42-34(45)32-22-28(53-35)24-44(32)36(31)46/h8-9,12-13,17-18,20-21,27-29,31-32H,2-7,10-11,14-16,19,22-24H2,1H3,(H,41,48)(H,42,45)(H,43,47)/b12-8+,13-9-/t27-,28+,31-,32-,39+/m0/s1. The van der Waals surface area contributed by atoms with Crippen molar-refractivity contribution in [3.05, 3.63) is 48.2 Å². The number of nitrogens with zero attached hydrogens (tertiary/aromatic N) is 2. The summed E-state index contributed by atoms with van der Waals surface area (Å²) in [6.07, 6.45) is 15.9. The van der Waals surface area contributed by atoms with E-state index >= 15 is 0 Å². The Kier molecular flexibility index (Phi) is 11.1. The number of amides is 4. The van der Waals surface area contributed by atoms with E-state index in [1.165, 1.54) is 4.90 Å². The SMILES string of the molecule is COc1cc2ccnc3c2cc1/C=C/CCCCCOC(=O)N[C@H]1CCCCC/C=C\[C@H]2C[C@@]2(C(=O)NS(=O)(=O)C2CC2)NC(=O)[C@@H]2C[C@H](CN2C1=O)O3. The van der Waals surface area contributed by atoms with Crippen molar-refractivity contribution in [3.8, 4) is 11.6 Å². The normalized spacial score (nSPS) is 29.6. The zero-order valence-corrected chi connectivity index (χ0v) is 31.4. The quantitative estimate of drug-likeness (QED) is 0.381.